The molecule has 0 aliphatic heterocycles. The van der Waals surface area contributed by atoms with E-state index < -0.39 is 0 Å². The Morgan fingerprint density at radius 2 is 1.89 bits per heavy atom. The SMILES string of the molecule is COc1ccc(CC(=O)Nc2ccccc2)c(C)c1. The number of methoxy groups -OCH3 is 1. The number of nitrogens with one attached hydrogen (secondary N) is 1. The minimum absolute atomic E-state index is 0.0144. The number of amides is 1. The molecule has 0 aliphatic carbocycles. The lowest BCUT2D eigenvalue weighted by atomic mass is 10.1. The molecule has 19 heavy (non-hydrogen) atoms. The van der Waals surface area contributed by atoms with Crippen LogP contribution in [-0.2, 0) is 11.2 Å². The Hall–Kier alpha value is -2.29. The third kappa shape index (κ3) is 3.58. The van der Waals surface area contributed by atoms with E-state index in [9.17, 15) is 4.79 Å². The fraction of sp³-hybridized carbons (Fsp3) is 0.188. The van der Waals surface area contributed by atoms with Crippen molar-refractivity contribution in [2.75, 3.05) is 12.4 Å². The number of hydrogen-bond acceptors (Lipinski definition) is 2. The summed E-state index contributed by atoms with van der Waals surface area (Å²) in [4.78, 5) is 11.9. The molecule has 3 nitrogen and oxygen atoms in total. The van der Waals surface area contributed by atoms with E-state index in [1.165, 1.54) is 0 Å². The zero-order valence-electron chi connectivity index (χ0n) is 11.1. The van der Waals surface area contributed by atoms with Crippen molar-refractivity contribution in [2.24, 2.45) is 0 Å². The van der Waals surface area contributed by atoms with Gasteiger partial charge in [-0.1, -0.05) is 24.3 Å². The minimum atomic E-state index is -0.0144. The molecule has 1 amide bonds. The molecule has 0 atom stereocenters. The quantitative estimate of drug-likeness (QED) is 0.911. The molecule has 2 rings (SSSR count). The van der Waals surface area contributed by atoms with Gasteiger partial charge in [0.05, 0.1) is 13.5 Å². The van der Waals surface area contributed by atoms with Crippen molar-refractivity contribution in [3.63, 3.8) is 0 Å². The van der Waals surface area contributed by atoms with E-state index in [4.69, 9.17) is 4.74 Å². The molecule has 0 spiro atoms. The first-order valence-electron chi connectivity index (χ1n) is 6.17. The van der Waals surface area contributed by atoms with Gasteiger partial charge in [-0.3, -0.25) is 4.79 Å². The molecule has 0 heterocycles. The monoisotopic (exact) mass is 255 g/mol. The second-order valence-electron chi connectivity index (χ2n) is 4.38. The Kier molecular flexibility index (Phi) is 4.18. The van der Waals surface area contributed by atoms with Crippen LogP contribution in [0.5, 0.6) is 5.75 Å². The van der Waals surface area contributed by atoms with E-state index in [1.54, 1.807) is 7.11 Å². The van der Waals surface area contributed by atoms with E-state index in [0.29, 0.717) is 6.42 Å². The number of carbonyl (C=O) groups excluding carboxylic acids is 1. The highest BCUT2D eigenvalue weighted by Gasteiger charge is 2.07. The van der Waals surface area contributed by atoms with Crippen molar-refractivity contribution < 1.29 is 9.53 Å². The summed E-state index contributed by atoms with van der Waals surface area (Å²) in [5.41, 5.74) is 2.88. The smallest absolute Gasteiger partial charge is 0.228 e. The lowest BCUT2D eigenvalue weighted by Gasteiger charge is -2.09. The third-order valence-electron chi connectivity index (χ3n) is 2.96. The van der Waals surface area contributed by atoms with Crippen LogP contribution < -0.4 is 10.1 Å². The van der Waals surface area contributed by atoms with Crippen LogP contribution in [0.25, 0.3) is 0 Å². The van der Waals surface area contributed by atoms with Crippen LogP contribution in [0.15, 0.2) is 48.5 Å². The maximum Gasteiger partial charge on any atom is 0.228 e. The van der Waals surface area contributed by atoms with Crippen LogP contribution in [0.2, 0.25) is 0 Å². The second kappa shape index (κ2) is 6.05. The Bertz CT molecular complexity index is 564. The Morgan fingerprint density at radius 1 is 1.16 bits per heavy atom. The number of hydrogen-bond donors (Lipinski definition) is 1. The molecule has 0 saturated heterocycles. The van der Waals surface area contributed by atoms with E-state index in [0.717, 1.165) is 22.6 Å². The number of anilines is 1. The average Bonchev–Trinajstić information content (AvgIpc) is 2.42. The molecule has 2 aromatic carbocycles. The molecule has 0 unspecified atom stereocenters. The van der Waals surface area contributed by atoms with Crippen LogP contribution in [0.3, 0.4) is 0 Å². The van der Waals surface area contributed by atoms with Crippen LogP contribution >= 0.6 is 0 Å². The summed E-state index contributed by atoms with van der Waals surface area (Å²) in [6.07, 6.45) is 0.366. The van der Waals surface area contributed by atoms with Gasteiger partial charge >= 0.3 is 0 Å². The molecule has 0 bridgehead atoms. The summed E-state index contributed by atoms with van der Waals surface area (Å²) in [6, 6.07) is 15.2. The third-order valence-corrected chi connectivity index (χ3v) is 2.96. The fourth-order valence-electron chi connectivity index (χ4n) is 1.89. The zero-order chi connectivity index (χ0) is 13.7. The molecular formula is C16H17NO2. The van der Waals surface area contributed by atoms with Crippen LogP contribution in [0.1, 0.15) is 11.1 Å². The molecule has 0 radical (unpaired) electrons. The molecule has 98 valence electrons. The molecule has 2 aromatic rings. The number of ether oxygens (including phenoxy) is 1. The van der Waals surface area contributed by atoms with Gasteiger partial charge in [0.2, 0.25) is 5.91 Å². The van der Waals surface area contributed by atoms with Crippen molar-refractivity contribution >= 4 is 11.6 Å². The predicted octanol–water partition coefficient (Wildman–Crippen LogP) is 3.18. The van der Waals surface area contributed by atoms with Gasteiger partial charge in [-0.15, -0.1) is 0 Å². The largest absolute Gasteiger partial charge is 0.497 e. The minimum Gasteiger partial charge on any atom is -0.497 e. The van der Waals surface area contributed by atoms with Gasteiger partial charge in [0.15, 0.2) is 0 Å². The Labute approximate surface area is 113 Å². The summed E-state index contributed by atoms with van der Waals surface area (Å²) in [7, 11) is 1.64. The topological polar surface area (TPSA) is 38.3 Å². The van der Waals surface area contributed by atoms with E-state index in [2.05, 4.69) is 5.32 Å². The second-order valence-corrected chi connectivity index (χ2v) is 4.38. The first-order valence-corrected chi connectivity index (χ1v) is 6.17. The van der Waals surface area contributed by atoms with Gasteiger partial charge in [0, 0.05) is 5.69 Å². The van der Waals surface area contributed by atoms with Crippen molar-refractivity contribution in [3.8, 4) is 5.75 Å². The maximum absolute atomic E-state index is 11.9. The highest BCUT2D eigenvalue weighted by atomic mass is 16.5. The Balaban J connectivity index is 2.03. The lowest BCUT2D eigenvalue weighted by molar-refractivity contribution is -0.115. The van der Waals surface area contributed by atoms with E-state index >= 15 is 0 Å². The van der Waals surface area contributed by atoms with Gasteiger partial charge in [-0.2, -0.15) is 0 Å². The summed E-state index contributed by atoms with van der Waals surface area (Å²) < 4.78 is 5.15. The molecule has 1 N–H and O–H groups in total. The van der Waals surface area contributed by atoms with Gasteiger partial charge in [0.1, 0.15) is 5.75 Å². The van der Waals surface area contributed by atoms with Crippen molar-refractivity contribution in [1.82, 2.24) is 0 Å². The van der Waals surface area contributed by atoms with Crippen molar-refractivity contribution in [2.45, 2.75) is 13.3 Å². The Morgan fingerprint density at radius 3 is 2.53 bits per heavy atom. The van der Waals surface area contributed by atoms with E-state index in [1.807, 2.05) is 55.5 Å². The summed E-state index contributed by atoms with van der Waals surface area (Å²) in [6.45, 7) is 1.98. The van der Waals surface area contributed by atoms with E-state index in [-0.39, 0.29) is 5.91 Å². The predicted molar refractivity (Wildman–Crippen MR) is 76.5 cm³/mol. The molecular weight excluding hydrogens is 238 g/mol. The zero-order valence-corrected chi connectivity index (χ0v) is 11.1. The fourth-order valence-corrected chi connectivity index (χ4v) is 1.89. The van der Waals surface area contributed by atoms with Gasteiger partial charge in [-0.25, -0.2) is 0 Å². The first kappa shape index (κ1) is 13.1. The summed E-state index contributed by atoms with van der Waals surface area (Å²) in [5, 5.41) is 2.88. The van der Waals surface area contributed by atoms with Gasteiger partial charge < -0.3 is 10.1 Å². The van der Waals surface area contributed by atoms with Crippen LogP contribution in [0, 0.1) is 6.92 Å². The highest BCUT2D eigenvalue weighted by molar-refractivity contribution is 5.92. The summed E-state index contributed by atoms with van der Waals surface area (Å²) in [5.74, 6) is 0.796. The number of rotatable bonds is 4. The standard InChI is InChI=1S/C16H17NO2/c1-12-10-15(19-2)9-8-13(12)11-16(18)17-14-6-4-3-5-7-14/h3-10H,11H2,1-2H3,(H,17,18). The highest BCUT2D eigenvalue weighted by Crippen LogP contribution is 2.17. The lowest BCUT2D eigenvalue weighted by Crippen LogP contribution is -2.14. The molecule has 3 heteroatoms. The maximum atomic E-state index is 11.9. The van der Waals surface area contributed by atoms with Gasteiger partial charge in [0.25, 0.3) is 0 Å². The first-order chi connectivity index (χ1) is 9.19. The number of carbonyl (C=O) groups is 1. The van der Waals surface area contributed by atoms with Crippen LogP contribution in [0.4, 0.5) is 5.69 Å². The summed E-state index contributed by atoms with van der Waals surface area (Å²) >= 11 is 0. The molecule has 0 fully saturated rings. The number of para-hydroxylation sites is 1. The normalized spacial score (nSPS) is 10.0. The number of benzene rings is 2. The van der Waals surface area contributed by atoms with Crippen molar-refractivity contribution in [1.29, 1.82) is 0 Å². The average molecular weight is 255 g/mol. The molecule has 0 aliphatic rings. The molecule has 0 saturated carbocycles. The van der Waals surface area contributed by atoms with Gasteiger partial charge in [-0.05, 0) is 42.3 Å². The van der Waals surface area contributed by atoms with Crippen molar-refractivity contribution in [3.05, 3.63) is 59.7 Å². The molecule has 0 aromatic heterocycles. The number of aryl methyl sites for hydroxylation is 1. The van der Waals surface area contributed by atoms with Crippen LogP contribution in [-0.4, -0.2) is 13.0 Å².